The number of methoxy groups -OCH3 is 1. The lowest BCUT2D eigenvalue weighted by atomic mass is 10.0. The molecule has 0 unspecified atom stereocenters. The van der Waals surface area contributed by atoms with Crippen LogP contribution in [0.5, 0.6) is 11.8 Å². The van der Waals surface area contributed by atoms with Crippen molar-refractivity contribution in [2.24, 2.45) is 0 Å². The molecule has 3 heterocycles. The summed E-state index contributed by atoms with van der Waals surface area (Å²) in [5.41, 5.74) is 8.69. The Morgan fingerprint density at radius 3 is 3.00 bits per heavy atom. The fraction of sp³-hybridized carbons (Fsp3) is 0.389. The highest BCUT2D eigenvalue weighted by molar-refractivity contribution is 5.82. The summed E-state index contributed by atoms with van der Waals surface area (Å²) in [6, 6.07) is 6.31. The maximum atomic E-state index is 12.5. The van der Waals surface area contributed by atoms with Crippen LogP contribution >= 0.6 is 0 Å². The van der Waals surface area contributed by atoms with E-state index in [1.54, 1.807) is 7.11 Å². The van der Waals surface area contributed by atoms with Crippen molar-refractivity contribution in [2.75, 3.05) is 19.5 Å². The minimum atomic E-state index is -0.294. The van der Waals surface area contributed by atoms with Gasteiger partial charge in [0.15, 0.2) is 11.5 Å². The molecule has 8 nitrogen and oxygen atoms in total. The summed E-state index contributed by atoms with van der Waals surface area (Å²) < 4.78 is 12.7. The zero-order valence-electron chi connectivity index (χ0n) is 14.6. The molecule has 0 saturated heterocycles. The molecule has 0 atom stereocenters. The third-order valence-corrected chi connectivity index (χ3v) is 4.64. The summed E-state index contributed by atoms with van der Waals surface area (Å²) in [7, 11) is 1.63. The quantitative estimate of drug-likeness (QED) is 0.690. The predicted octanol–water partition coefficient (Wildman–Crippen LogP) is 1.86. The molecule has 3 N–H and O–H groups in total. The third-order valence-electron chi connectivity index (χ3n) is 4.64. The van der Waals surface area contributed by atoms with Crippen molar-refractivity contribution in [3.05, 3.63) is 39.8 Å². The standard InChI is InChI=1S/C18H21N5O3/c1-25-13-7-6-11-5-3-2-4-8-26-17-21-15(19)14-16(22-17)23(18(24)20-14)10-12(13)9-11/h6-7,9H,2-5,8,10H2,1H3,(H,20,24)(H2,19,21,22). The molecule has 0 spiro atoms. The lowest BCUT2D eigenvalue weighted by molar-refractivity contribution is 0.283. The van der Waals surface area contributed by atoms with Crippen LogP contribution < -0.4 is 20.9 Å². The van der Waals surface area contributed by atoms with Crippen LogP contribution in [-0.2, 0) is 13.0 Å². The molecule has 0 aliphatic carbocycles. The average Bonchev–Trinajstić information content (AvgIpc) is 2.94. The zero-order valence-corrected chi connectivity index (χ0v) is 14.6. The van der Waals surface area contributed by atoms with E-state index in [0.717, 1.165) is 37.0 Å². The molecule has 1 aromatic carbocycles. The summed E-state index contributed by atoms with van der Waals surface area (Å²) >= 11 is 0. The van der Waals surface area contributed by atoms with E-state index in [1.807, 2.05) is 6.07 Å². The number of rotatable bonds is 1. The van der Waals surface area contributed by atoms with E-state index in [2.05, 4.69) is 27.1 Å². The molecule has 0 saturated carbocycles. The zero-order chi connectivity index (χ0) is 18.1. The second kappa shape index (κ2) is 6.70. The molecule has 2 aromatic heterocycles. The molecule has 0 amide bonds. The summed E-state index contributed by atoms with van der Waals surface area (Å²) in [4.78, 5) is 23.8. The number of hydrogen-bond donors (Lipinski definition) is 2. The maximum Gasteiger partial charge on any atom is 0.328 e. The Labute approximate surface area is 150 Å². The number of H-pyrrole nitrogens is 1. The van der Waals surface area contributed by atoms with Gasteiger partial charge < -0.3 is 20.2 Å². The van der Waals surface area contributed by atoms with Crippen molar-refractivity contribution in [3.8, 4) is 11.8 Å². The van der Waals surface area contributed by atoms with Crippen molar-refractivity contribution in [3.63, 3.8) is 0 Å². The number of ether oxygens (including phenoxy) is 2. The highest BCUT2D eigenvalue weighted by Crippen LogP contribution is 2.24. The normalized spacial score (nSPS) is 14.8. The van der Waals surface area contributed by atoms with Crippen LogP contribution in [0.4, 0.5) is 5.82 Å². The number of aromatic amines is 1. The van der Waals surface area contributed by atoms with Gasteiger partial charge in [0.25, 0.3) is 0 Å². The third kappa shape index (κ3) is 2.98. The Morgan fingerprint density at radius 1 is 1.27 bits per heavy atom. The molecule has 0 fully saturated rings. The SMILES string of the molecule is COc1ccc2cc1Cn1c(=O)[nH]c3c(N)nc(nc31)OCCCCC2. The number of aromatic nitrogens is 4. The topological polar surface area (TPSA) is 108 Å². The van der Waals surface area contributed by atoms with Crippen molar-refractivity contribution in [2.45, 2.75) is 32.2 Å². The number of nitrogens with one attached hydrogen (secondary N) is 1. The summed E-state index contributed by atoms with van der Waals surface area (Å²) in [5.74, 6) is 0.939. The van der Waals surface area contributed by atoms with E-state index in [4.69, 9.17) is 15.2 Å². The molecule has 4 bridgehead atoms. The van der Waals surface area contributed by atoms with E-state index in [9.17, 15) is 4.79 Å². The first-order valence-corrected chi connectivity index (χ1v) is 8.70. The van der Waals surface area contributed by atoms with Gasteiger partial charge >= 0.3 is 11.7 Å². The van der Waals surface area contributed by atoms with E-state index in [-0.39, 0.29) is 17.5 Å². The Hall–Kier alpha value is -3.03. The van der Waals surface area contributed by atoms with E-state index in [0.29, 0.717) is 24.3 Å². The molecule has 26 heavy (non-hydrogen) atoms. The van der Waals surface area contributed by atoms with Crippen LogP contribution in [0.15, 0.2) is 23.0 Å². The number of nitrogen functional groups attached to an aromatic ring is 1. The van der Waals surface area contributed by atoms with E-state index >= 15 is 0 Å². The molecular formula is C18H21N5O3. The molecular weight excluding hydrogens is 334 g/mol. The molecule has 4 rings (SSSR count). The highest BCUT2D eigenvalue weighted by Gasteiger charge is 2.17. The van der Waals surface area contributed by atoms with Gasteiger partial charge in [0.1, 0.15) is 11.3 Å². The van der Waals surface area contributed by atoms with Gasteiger partial charge in [-0.25, -0.2) is 4.79 Å². The van der Waals surface area contributed by atoms with Gasteiger partial charge in [0, 0.05) is 5.56 Å². The number of nitrogens with zero attached hydrogens (tertiary/aromatic N) is 3. The smallest absolute Gasteiger partial charge is 0.328 e. The summed E-state index contributed by atoms with van der Waals surface area (Å²) in [5, 5.41) is 0. The van der Waals surface area contributed by atoms with E-state index in [1.165, 1.54) is 10.1 Å². The highest BCUT2D eigenvalue weighted by atomic mass is 16.5. The molecule has 3 aromatic rings. The molecule has 136 valence electrons. The molecule has 8 heteroatoms. The Morgan fingerprint density at radius 2 is 2.15 bits per heavy atom. The van der Waals surface area contributed by atoms with Crippen LogP contribution in [0.3, 0.4) is 0 Å². The van der Waals surface area contributed by atoms with E-state index < -0.39 is 0 Å². The average molecular weight is 355 g/mol. The van der Waals surface area contributed by atoms with Gasteiger partial charge in [0.05, 0.1) is 20.3 Å². The lowest BCUT2D eigenvalue weighted by Gasteiger charge is -2.13. The number of nitrogens with two attached hydrogens (primary N) is 1. The van der Waals surface area contributed by atoms with Gasteiger partial charge in [0.2, 0.25) is 0 Å². The summed E-state index contributed by atoms with van der Waals surface area (Å²) in [6.45, 7) is 0.846. The van der Waals surface area contributed by atoms with Crippen LogP contribution in [0.1, 0.15) is 30.4 Å². The van der Waals surface area contributed by atoms with Crippen LogP contribution in [0.25, 0.3) is 11.2 Å². The van der Waals surface area contributed by atoms with Crippen LogP contribution in [0.2, 0.25) is 0 Å². The Kier molecular flexibility index (Phi) is 4.24. The number of aryl methyl sites for hydroxylation is 1. The van der Waals surface area contributed by atoms with Crippen LogP contribution in [-0.4, -0.2) is 33.2 Å². The minimum absolute atomic E-state index is 0.195. The van der Waals surface area contributed by atoms with Gasteiger partial charge in [-0.1, -0.05) is 12.1 Å². The second-order valence-electron chi connectivity index (χ2n) is 6.41. The van der Waals surface area contributed by atoms with Crippen molar-refractivity contribution in [1.82, 2.24) is 19.5 Å². The van der Waals surface area contributed by atoms with Gasteiger partial charge in [-0.3, -0.25) is 4.57 Å². The predicted molar refractivity (Wildman–Crippen MR) is 97.7 cm³/mol. The van der Waals surface area contributed by atoms with Crippen molar-refractivity contribution >= 4 is 17.0 Å². The Bertz CT molecular complexity index is 1010. The lowest BCUT2D eigenvalue weighted by Crippen LogP contribution is -2.18. The summed E-state index contributed by atoms with van der Waals surface area (Å²) in [6.07, 6.45) is 3.99. The molecule has 1 aliphatic heterocycles. The first-order chi connectivity index (χ1) is 12.7. The fourth-order valence-electron chi connectivity index (χ4n) is 3.29. The first-order valence-electron chi connectivity index (χ1n) is 8.70. The molecule has 0 radical (unpaired) electrons. The Balaban J connectivity index is 1.89. The number of imidazole rings is 1. The number of benzene rings is 1. The minimum Gasteiger partial charge on any atom is -0.496 e. The van der Waals surface area contributed by atoms with Gasteiger partial charge in [-0.2, -0.15) is 9.97 Å². The van der Waals surface area contributed by atoms with Crippen molar-refractivity contribution < 1.29 is 9.47 Å². The maximum absolute atomic E-state index is 12.5. The monoisotopic (exact) mass is 355 g/mol. The van der Waals surface area contributed by atoms with Crippen LogP contribution in [0, 0.1) is 0 Å². The number of hydrogen-bond acceptors (Lipinski definition) is 6. The molecule has 1 aliphatic rings. The fourth-order valence-corrected chi connectivity index (χ4v) is 3.29. The van der Waals surface area contributed by atoms with Gasteiger partial charge in [-0.05, 0) is 37.3 Å². The largest absolute Gasteiger partial charge is 0.496 e. The first kappa shape index (κ1) is 16.4. The van der Waals surface area contributed by atoms with Gasteiger partial charge in [-0.15, -0.1) is 0 Å². The number of fused-ring (bicyclic) bond motifs is 3. The number of anilines is 1. The second-order valence-corrected chi connectivity index (χ2v) is 6.41. The van der Waals surface area contributed by atoms with Crippen molar-refractivity contribution in [1.29, 1.82) is 0 Å².